The van der Waals surface area contributed by atoms with E-state index in [0.29, 0.717) is 11.3 Å². The predicted octanol–water partition coefficient (Wildman–Crippen LogP) is 2.12. The normalized spacial score (nSPS) is 17.0. The van der Waals surface area contributed by atoms with Gasteiger partial charge in [0.15, 0.2) is 0 Å². The molecule has 114 valence electrons. The Labute approximate surface area is 124 Å². The van der Waals surface area contributed by atoms with Gasteiger partial charge >= 0.3 is 5.97 Å². The number of carbonyl (C=O) groups is 2. The molecule has 0 radical (unpaired) electrons. The van der Waals surface area contributed by atoms with Crippen LogP contribution in [0, 0.1) is 5.92 Å². The van der Waals surface area contributed by atoms with Crippen LogP contribution in [0.5, 0.6) is 0 Å². The molecule has 1 aromatic carbocycles. The third kappa shape index (κ3) is 3.74. The fraction of sp³-hybridized carbons (Fsp3) is 0.500. The number of methoxy groups -OCH3 is 1. The third-order valence-electron chi connectivity index (χ3n) is 4.07. The van der Waals surface area contributed by atoms with E-state index >= 15 is 0 Å². The molecule has 1 aliphatic rings. The van der Waals surface area contributed by atoms with Crippen LogP contribution in [0.25, 0.3) is 0 Å². The van der Waals surface area contributed by atoms with Gasteiger partial charge in [0.25, 0.3) is 5.91 Å². The Kier molecular flexibility index (Phi) is 5.20. The van der Waals surface area contributed by atoms with E-state index in [1.807, 2.05) is 0 Å². The van der Waals surface area contributed by atoms with Crippen LogP contribution < -0.4 is 11.1 Å². The molecular weight excluding hydrogens is 268 g/mol. The lowest BCUT2D eigenvalue weighted by molar-refractivity contribution is -0.144. The number of nitrogens with one attached hydrogen (secondary N) is 1. The highest BCUT2D eigenvalue weighted by Crippen LogP contribution is 2.27. The number of esters is 1. The van der Waals surface area contributed by atoms with Crippen molar-refractivity contribution in [3.05, 3.63) is 29.8 Å². The summed E-state index contributed by atoms with van der Waals surface area (Å²) in [4.78, 5) is 24.3. The van der Waals surface area contributed by atoms with Crippen LogP contribution in [-0.2, 0) is 9.53 Å². The fourth-order valence-electron chi connectivity index (χ4n) is 2.89. The molecular formula is C16H22N2O3. The molecule has 0 heterocycles. The molecule has 0 saturated heterocycles. The van der Waals surface area contributed by atoms with Crippen LogP contribution in [0.3, 0.4) is 0 Å². The zero-order chi connectivity index (χ0) is 15.2. The summed E-state index contributed by atoms with van der Waals surface area (Å²) in [6, 6.07) is 6.24. The average molecular weight is 290 g/mol. The van der Waals surface area contributed by atoms with Crippen molar-refractivity contribution in [3.8, 4) is 0 Å². The first-order chi connectivity index (χ1) is 10.1. The molecule has 3 N–H and O–H groups in total. The van der Waals surface area contributed by atoms with Crippen LogP contribution in [0.15, 0.2) is 24.3 Å². The lowest BCUT2D eigenvalue weighted by Gasteiger charge is -2.29. The molecule has 0 aromatic heterocycles. The first-order valence-electron chi connectivity index (χ1n) is 7.36. The quantitative estimate of drug-likeness (QED) is 0.657. The number of carbonyl (C=O) groups excluding carboxylic acids is 2. The van der Waals surface area contributed by atoms with E-state index in [1.165, 1.54) is 13.5 Å². The molecule has 0 aliphatic heterocycles. The number of hydrogen-bond donors (Lipinski definition) is 2. The molecule has 2 rings (SSSR count). The predicted molar refractivity (Wildman–Crippen MR) is 80.7 cm³/mol. The summed E-state index contributed by atoms with van der Waals surface area (Å²) in [6.45, 7) is 0. The summed E-state index contributed by atoms with van der Waals surface area (Å²) in [6.07, 6.45) is 5.22. The van der Waals surface area contributed by atoms with Crippen LogP contribution in [0.2, 0.25) is 0 Å². The van der Waals surface area contributed by atoms with Crippen molar-refractivity contribution in [3.63, 3.8) is 0 Å². The number of anilines is 1. The van der Waals surface area contributed by atoms with Crippen molar-refractivity contribution >= 4 is 17.6 Å². The number of benzene rings is 1. The second-order valence-electron chi connectivity index (χ2n) is 5.46. The first kappa shape index (κ1) is 15.4. The lowest BCUT2D eigenvalue weighted by Crippen LogP contribution is -2.47. The van der Waals surface area contributed by atoms with Gasteiger partial charge in [-0.1, -0.05) is 31.4 Å². The summed E-state index contributed by atoms with van der Waals surface area (Å²) in [5.41, 5.74) is 6.60. The van der Waals surface area contributed by atoms with Gasteiger partial charge in [-0.3, -0.25) is 4.79 Å². The Morgan fingerprint density at radius 3 is 2.52 bits per heavy atom. The summed E-state index contributed by atoms with van der Waals surface area (Å²) in [5, 5.41) is 2.80. The average Bonchev–Trinajstić information content (AvgIpc) is 2.53. The van der Waals surface area contributed by atoms with Crippen LogP contribution in [0.1, 0.15) is 42.5 Å². The van der Waals surface area contributed by atoms with E-state index in [9.17, 15) is 9.59 Å². The maximum Gasteiger partial charge on any atom is 0.328 e. The number of para-hydroxylation sites is 1. The lowest BCUT2D eigenvalue weighted by atomic mass is 9.83. The van der Waals surface area contributed by atoms with Gasteiger partial charge in [0, 0.05) is 5.69 Å². The van der Waals surface area contributed by atoms with Crippen molar-refractivity contribution in [2.75, 3.05) is 12.8 Å². The SMILES string of the molecule is COC(=O)[C@H](NC(=O)c1ccccc1N)C1CCCCC1. The zero-order valence-corrected chi connectivity index (χ0v) is 12.3. The number of amides is 1. The summed E-state index contributed by atoms with van der Waals surface area (Å²) < 4.78 is 4.85. The molecule has 1 aromatic rings. The Balaban J connectivity index is 2.13. The Morgan fingerprint density at radius 1 is 1.24 bits per heavy atom. The minimum Gasteiger partial charge on any atom is -0.467 e. The van der Waals surface area contributed by atoms with Crippen LogP contribution in [-0.4, -0.2) is 25.0 Å². The maximum absolute atomic E-state index is 12.3. The maximum atomic E-state index is 12.3. The molecule has 1 fully saturated rings. The van der Waals surface area contributed by atoms with Crippen molar-refractivity contribution in [1.29, 1.82) is 0 Å². The number of rotatable bonds is 4. The number of ether oxygens (including phenoxy) is 1. The number of nitrogens with two attached hydrogens (primary N) is 1. The van der Waals surface area contributed by atoms with Gasteiger partial charge in [-0.25, -0.2) is 4.79 Å². The highest BCUT2D eigenvalue weighted by Gasteiger charge is 2.32. The summed E-state index contributed by atoms with van der Waals surface area (Å²) in [5.74, 6) is -0.570. The second-order valence-corrected chi connectivity index (χ2v) is 5.46. The van der Waals surface area contributed by atoms with Gasteiger partial charge in [0.1, 0.15) is 6.04 Å². The molecule has 5 heteroatoms. The van der Waals surface area contributed by atoms with Gasteiger partial charge in [0.05, 0.1) is 12.7 Å². The van der Waals surface area contributed by atoms with Gasteiger partial charge in [0.2, 0.25) is 0 Å². The number of hydrogen-bond acceptors (Lipinski definition) is 4. The molecule has 1 amide bonds. The minimum atomic E-state index is -0.595. The molecule has 0 spiro atoms. The molecule has 0 unspecified atom stereocenters. The number of nitrogen functional groups attached to an aromatic ring is 1. The van der Waals surface area contributed by atoms with Crippen molar-refractivity contribution in [2.45, 2.75) is 38.1 Å². The largest absolute Gasteiger partial charge is 0.467 e. The molecule has 1 atom stereocenters. The van der Waals surface area contributed by atoms with E-state index in [1.54, 1.807) is 24.3 Å². The topological polar surface area (TPSA) is 81.4 Å². The summed E-state index contributed by atoms with van der Waals surface area (Å²) in [7, 11) is 1.35. The van der Waals surface area contributed by atoms with Crippen molar-refractivity contribution in [1.82, 2.24) is 5.32 Å². The van der Waals surface area contributed by atoms with E-state index in [2.05, 4.69) is 5.32 Å². The van der Waals surface area contributed by atoms with Crippen LogP contribution >= 0.6 is 0 Å². The Bertz CT molecular complexity index is 510. The van der Waals surface area contributed by atoms with E-state index in [0.717, 1.165) is 25.7 Å². The van der Waals surface area contributed by atoms with Gasteiger partial charge in [-0.2, -0.15) is 0 Å². The monoisotopic (exact) mass is 290 g/mol. The second kappa shape index (κ2) is 7.11. The fourth-order valence-corrected chi connectivity index (χ4v) is 2.89. The van der Waals surface area contributed by atoms with E-state index in [4.69, 9.17) is 10.5 Å². The highest BCUT2D eigenvalue weighted by atomic mass is 16.5. The van der Waals surface area contributed by atoms with Gasteiger partial charge in [-0.15, -0.1) is 0 Å². The van der Waals surface area contributed by atoms with E-state index < -0.39 is 6.04 Å². The molecule has 1 aliphatic carbocycles. The molecule has 0 bridgehead atoms. The standard InChI is InChI=1S/C16H22N2O3/c1-21-16(20)14(11-7-3-2-4-8-11)18-15(19)12-9-5-6-10-13(12)17/h5-6,9-11,14H,2-4,7-8,17H2,1H3,(H,18,19)/t14-/m1/s1. The minimum absolute atomic E-state index is 0.139. The van der Waals surface area contributed by atoms with Crippen molar-refractivity contribution < 1.29 is 14.3 Å². The molecule has 21 heavy (non-hydrogen) atoms. The van der Waals surface area contributed by atoms with Crippen molar-refractivity contribution in [2.24, 2.45) is 5.92 Å². The van der Waals surface area contributed by atoms with Gasteiger partial charge in [-0.05, 0) is 30.9 Å². The first-order valence-corrected chi connectivity index (χ1v) is 7.36. The highest BCUT2D eigenvalue weighted by molar-refractivity contribution is 6.00. The Morgan fingerprint density at radius 2 is 1.90 bits per heavy atom. The van der Waals surface area contributed by atoms with E-state index in [-0.39, 0.29) is 17.8 Å². The Hall–Kier alpha value is -2.04. The smallest absolute Gasteiger partial charge is 0.328 e. The van der Waals surface area contributed by atoms with Crippen LogP contribution in [0.4, 0.5) is 5.69 Å². The zero-order valence-electron chi connectivity index (χ0n) is 12.3. The molecule has 1 saturated carbocycles. The molecule has 5 nitrogen and oxygen atoms in total. The van der Waals surface area contributed by atoms with Gasteiger partial charge < -0.3 is 15.8 Å². The third-order valence-corrected chi connectivity index (χ3v) is 4.07. The summed E-state index contributed by atoms with van der Waals surface area (Å²) >= 11 is 0.